The number of fused-ring (bicyclic) bond motifs is 1. The van der Waals surface area contributed by atoms with E-state index in [1.54, 1.807) is 6.07 Å². The molecular formula is C24H20O3. The van der Waals surface area contributed by atoms with E-state index < -0.39 is 5.97 Å². The summed E-state index contributed by atoms with van der Waals surface area (Å²) in [6.45, 7) is 1.91. The van der Waals surface area contributed by atoms with E-state index in [2.05, 4.69) is 18.2 Å². The molecule has 134 valence electrons. The second-order valence-corrected chi connectivity index (χ2v) is 6.60. The number of aryl methyl sites for hydroxylation is 1. The summed E-state index contributed by atoms with van der Waals surface area (Å²) in [5, 5.41) is 0. The molecule has 1 aliphatic rings. The highest BCUT2D eigenvalue weighted by Crippen LogP contribution is 2.41. The van der Waals surface area contributed by atoms with Crippen LogP contribution in [0.4, 0.5) is 0 Å². The van der Waals surface area contributed by atoms with E-state index in [0.717, 1.165) is 16.9 Å². The molecule has 0 spiro atoms. The Morgan fingerprint density at radius 3 is 2.48 bits per heavy atom. The first kappa shape index (κ1) is 17.1. The Morgan fingerprint density at radius 2 is 1.67 bits per heavy atom. The number of carbonyl (C=O) groups is 1. The van der Waals surface area contributed by atoms with Crippen molar-refractivity contribution in [1.29, 1.82) is 0 Å². The first-order valence-electron chi connectivity index (χ1n) is 9.00. The van der Waals surface area contributed by atoms with Gasteiger partial charge in [0.25, 0.3) is 0 Å². The quantitative estimate of drug-likeness (QED) is 0.358. The van der Waals surface area contributed by atoms with Gasteiger partial charge in [-0.15, -0.1) is 0 Å². The summed E-state index contributed by atoms with van der Waals surface area (Å²) in [4.78, 5) is 12.4. The number of ether oxygens (including phenoxy) is 2. The van der Waals surface area contributed by atoms with Crippen LogP contribution in [0.5, 0.6) is 11.5 Å². The van der Waals surface area contributed by atoms with Crippen LogP contribution in [0.3, 0.4) is 0 Å². The van der Waals surface area contributed by atoms with Crippen LogP contribution >= 0.6 is 0 Å². The van der Waals surface area contributed by atoms with Crippen LogP contribution in [-0.2, 0) is 4.79 Å². The van der Waals surface area contributed by atoms with Crippen molar-refractivity contribution in [3.63, 3.8) is 0 Å². The average Bonchev–Trinajstić information content (AvgIpc) is 2.70. The van der Waals surface area contributed by atoms with Crippen LogP contribution < -0.4 is 9.47 Å². The molecule has 0 N–H and O–H groups in total. The predicted octanol–water partition coefficient (Wildman–Crippen LogP) is 5.40. The molecule has 0 radical (unpaired) electrons. The molecule has 27 heavy (non-hydrogen) atoms. The summed E-state index contributed by atoms with van der Waals surface area (Å²) in [7, 11) is 0. The van der Waals surface area contributed by atoms with Crippen molar-refractivity contribution >= 4 is 5.97 Å². The Bertz CT molecular complexity index is 989. The number of hydrogen-bond acceptors (Lipinski definition) is 3. The molecule has 0 unspecified atom stereocenters. The summed E-state index contributed by atoms with van der Waals surface area (Å²) in [6, 6.07) is 25.7. The lowest BCUT2D eigenvalue weighted by atomic mass is 9.85. The van der Waals surface area contributed by atoms with Gasteiger partial charge in [-0.3, -0.25) is 0 Å². The van der Waals surface area contributed by atoms with Crippen molar-refractivity contribution in [2.75, 3.05) is 0 Å². The van der Waals surface area contributed by atoms with E-state index in [4.69, 9.17) is 9.47 Å². The third-order valence-corrected chi connectivity index (χ3v) is 4.73. The number of esters is 1. The minimum absolute atomic E-state index is 0.147. The molecule has 4 rings (SSSR count). The van der Waals surface area contributed by atoms with Gasteiger partial charge in [0.2, 0.25) is 0 Å². The van der Waals surface area contributed by atoms with Crippen molar-refractivity contribution in [1.82, 2.24) is 0 Å². The lowest BCUT2D eigenvalue weighted by Crippen LogP contribution is -2.16. The SMILES string of the molecule is Cc1ccccc1OC(=O)/C=C1\C[C@H](c2ccccc2)c2ccccc2O1. The molecule has 0 amide bonds. The third kappa shape index (κ3) is 3.77. The highest BCUT2D eigenvalue weighted by molar-refractivity contribution is 5.85. The molecule has 0 saturated heterocycles. The molecule has 0 bridgehead atoms. The van der Waals surface area contributed by atoms with Gasteiger partial charge in [0.15, 0.2) is 0 Å². The summed E-state index contributed by atoms with van der Waals surface area (Å²) >= 11 is 0. The van der Waals surface area contributed by atoms with Crippen molar-refractivity contribution in [3.8, 4) is 11.5 Å². The fourth-order valence-electron chi connectivity index (χ4n) is 3.37. The zero-order chi connectivity index (χ0) is 18.6. The lowest BCUT2D eigenvalue weighted by Gasteiger charge is -2.27. The van der Waals surface area contributed by atoms with Gasteiger partial charge in [-0.2, -0.15) is 0 Å². The lowest BCUT2D eigenvalue weighted by molar-refractivity contribution is -0.129. The molecule has 3 aromatic rings. The topological polar surface area (TPSA) is 35.5 Å². The summed E-state index contributed by atoms with van der Waals surface area (Å²) in [5.41, 5.74) is 3.25. The first-order chi connectivity index (χ1) is 13.2. The molecule has 1 heterocycles. The van der Waals surface area contributed by atoms with Gasteiger partial charge in [0.1, 0.15) is 17.3 Å². The molecule has 3 heteroatoms. The fourth-order valence-corrected chi connectivity index (χ4v) is 3.37. The largest absolute Gasteiger partial charge is 0.461 e. The van der Waals surface area contributed by atoms with Crippen molar-refractivity contribution in [3.05, 3.63) is 107 Å². The second-order valence-electron chi connectivity index (χ2n) is 6.60. The Morgan fingerprint density at radius 1 is 0.963 bits per heavy atom. The molecule has 0 aliphatic carbocycles. The first-order valence-corrected chi connectivity index (χ1v) is 9.00. The Labute approximate surface area is 158 Å². The van der Waals surface area contributed by atoms with E-state index in [1.165, 1.54) is 11.6 Å². The van der Waals surface area contributed by atoms with E-state index in [1.807, 2.05) is 61.5 Å². The zero-order valence-corrected chi connectivity index (χ0v) is 15.1. The van der Waals surface area contributed by atoms with Gasteiger partial charge in [0, 0.05) is 17.9 Å². The summed E-state index contributed by atoms with van der Waals surface area (Å²) in [6.07, 6.45) is 2.07. The Hall–Kier alpha value is -3.33. The molecule has 3 aromatic carbocycles. The second kappa shape index (κ2) is 7.50. The molecule has 0 saturated carbocycles. The number of rotatable bonds is 3. The van der Waals surface area contributed by atoms with Gasteiger partial charge >= 0.3 is 5.97 Å². The minimum atomic E-state index is -0.425. The van der Waals surface area contributed by atoms with Crippen molar-refractivity contribution in [2.24, 2.45) is 0 Å². The highest BCUT2D eigenvalue weighted by Gasteiger charge is 2.26. The van der Waals surface area contributed by atoms with Gasteiger partial charge in [-0.25, -0.2) is 4.79 Å². The summed E-state index contributed by atoms with van der Waals surface area (Å²) in [5.74, 6) is 1.68. The van der Waals surface area contributed by atoms with Crippen LogP contribution in [0.1, 0.15) is 29.0 Å². The van der Waals surface area contributed by atoms with Gasteiger partial charge in [-0.05, 0) is 30.2 Å². The van der Waals surface area contributed by atoms with Gasteiger partial charge in [-0.1, -0.05) is 66.7 Å². The van der Waals surface area contributed by atoms with Gasteiger partial charge < -0.3 is 9.47 Å². The van der Waals surface area contributed by atoms with Crippen LogP contribution in [0, 0.1) is 6.92 Å². The van der Waals surface area contributed by atoms with Crippen LogP contribution in [0.25, 0.3) is 0 Å². The zero-order valence-electron chi connectivity index (χ0n) is 15.1. The fraction of sp³-hybridized carbons (Fsp3) is 0.125. The molecule has 1 atom stereocenters. The number of hydrogen-bond donors (Lipinski definition) is 0. The Balaban J connectivity index is 1.62. The normalized spacial score (nSPS) is 17.1. The third-order valence-electron chi connectivity index (χ3n) is 4.73. The number of carbonyl (C=O) groups excluding carboxylic acids is 1. The van der Waals surface area contributed by atoms with E-state index >= 15 is 0 Å². The Kier molecular flexibility index (Phi) is 4.75. The maximum absolute atomic E-state index is 12.4. The van der Waals surface area contributed by atoms with E-state index in [0.29, 0.717) is 17.9 Å². The summed E-state index contributed by atoms with van der Waals surface area (Å²) < 4.78 is 11.5. The molecule has 1 aliphatic heterocycles. The van der Waals surface area contributed by atoms with Crippen molar-refractivity contribution < 1.29 is 14.3 Å². The molecule has 3 nitrogen and oxygen atoms in total. The minimum Gasteiger partial charge on any atom is -0.461 e. The van der Waals surface area contributed by atoms with Crippen LogP contribution in [0.15, 0.2) is 90.7 Å². The monoisotopic (exact) mass is 356 g/mol. The standard InChI is InChI=1S/C24H20O3/c1-17-9-5-7-13-22(17)27-24(25)16-19-15-21(18-10-3-2-4-11-18)20-12-6-8-14-23(20)26-19/h2-14,16,21H,15H2,1H3/b19-16+/t21-/m1/s1. The number of benzene rings is 3. The average molecular weight is 356 g/mol. The van der Waals surface area contributed by atoms with E-state index in [-0.39, 0.29) is 5.92 Å². The van der Waals surface area contributed by atoms with Crippen molar-refractivity contribution in [2.45, 2.75) is 19.3 Å². The number of allylic oxidation sites excluding steroid dienone is 1. The maximum atomic E-state index is 12.4. The molecule has 0 fully saturated rings. The molecule has 0 aromatic heterocycles. The van der Waals surface area contributed by atoms with Crippen LogP contribution in [0.2, 0.25) is 0 Å². The maximum Gasteiger partial charge on any atom is 0.339 e. The van der Waals surface area contributed by atoms with E-state index in [9.17, 15) is 4.79 Å². The number of para-hydroxylation sites is 2. The van der Waals surface area contributed by atoms with Gasteiger partial charge in [0.05, 0.1) is 6.08 Å². The predicted molar refractivity (Wildman–Crippen MR) is 105 cm³/mol. The smallest absolute Gasteiger partial charge is 0.339 e. The van der Waals surface area contributed by atoms with Crippen LogP contribution in [-0.4, -0.2) is 5.97 Å². The molecular weight excluding hydrogens is 336 g/mol. The highest BCUT2D eigenvalue weighted by atomic mass is 16.5.